The van der Waals surface area contributed by atoms with Crippen LogP contribution in [0, 0.1) is 0 Å². The van der Waals surface area contributed by atoms with Crippen LogP contribution in [0.15, 0.2) is 77.7 Å². The Bertz CT molecular complexity index is 1300. The van der Waals surface area contributed by atoms with Gasteiger partial charge < -0.3 is 4.74 Å². The first-order valence-electron chi connectivity index (χ1n) is 8.90. The van der Waals surface area contributed by atoms with Crippen LogP contribution in [-0.2, 0) is 10.0 Å². The Kier molecular flexibility index (Phi) is 5.62. The van der Waals surface area contributed by atoms with E-state index in [9.17, 15) is 8.42 Å². The summed E-state index contributed by atoms with van der Waals surface area (Å²) in [5.74, 6) is 0.758. The molecule has 4 aromatic rings. The predicted octanol–water partition coefficient (Wildman–Crippen LogP) is 5.45. The maximum Gasteiger partial charge on any atom is 0.238 e. The van der Waals surface area contributed by atoms with Gasteiger partial charge in [-0.1, -0.05) is 41.9 Å². The van der Waals surface area contributed by atoms with E-state index in [2.05, 4.69) is 0 Å². The highest BCUT2D eigenvalue weighted by Gasteiger charge is 2.18. The first kappa shape index (κ1) is 20.6. The number of nitrogens with two attached hydrogens (primary N) is 1. The smallest absolute Gasteiger partial charge is 0.238 e. The van der Waals surface area contributed by atoms with Crippen molar-refractivity contribution in [2.75, 3.05) is 7.11 Å². The van der Waals surface area contributed by atoms with Gasteiger partial charge in [-0.25, -0.2) is 18.5 Å². The molecule has 1 aromatic heterocycles. The van der Waals surface area contributed by atoms with E-state index in [-0.39, 0.29) is 4.90 Å². The molecule has 0 aliphatic rings. The Morgan fingerprint density at radius 1 is 0.933 bits per heavy atom. The normalized spacial score (nSPS) is 11.4. The lowest BCUT2D eigenvalue weighted by atomic mass is 10.1. The molecule has 0 aliphatic heterocycles. The van der Waals surface area contributed by atoms with E-state index in [0.717, 1.165) is 38.0 Å². The molecule has 0 radical (unpaired) electrons. The van der Waals surface area contributed by atoms with Gasteiger partial charge in [0.15, 0.2) is 0 Å². The molecule has 8 heteroatoms. The van der Waals surface area contributed by atoms with E-state index in [1.165, 1.54) is 23.5 Å². The van der Waals surface area contributed by atoms with Gasteiger partial charge in [0.2, 0.25) is 10.0 Å². The minimum Gasteiger partial charge on any atom is -0.497 e. The number of ether oxygens (including phenoxy) is 1. The van der Waals surface area contributed by atoms with Crippen LogP contribution in [0.3, 0.4) is 0 Å². The van der Waals surface area contributed by atoms with Crippen LogP contribution >= 0.6 is 22.9 Å². The van der Waals surface area contributed by atoms with Crippen molar-refractivity contribution in [3.8, 4) is 38.0 Å². The number of methoxy groups -OCH3 is 1. The van der Waals surface area contributed by atoms with Crippen molar-refractivity contribution in [2.45, 2.75) is 4.90 Å². The zero-order valence-electron chi connectivity index (χ0n) is 15.9. The van der Waals surface area contributed by atoms with Crippen molar-refractivity contribution in [1.29, 1.82) is 0 Å². The fourth-order valence-electron chi connectivity index (χ4n) is 3.01. The molecular formula is C22H17ClN2O3S2. The second-order valence-corrected chi connectivity index (χ2v) is 9.44. The highest BCUT2D eigenvalue weighted by Crippen LogP contribution is 2.42. The monoisotopic (exact) mass is 456 g/mol. The summed E-state index contributed by atoms with van der Waals surface area (Å²) in [6.07, 6.45) is 0. The van der Waals surface area contributed by atoms with E-state index < -0.39 is 10.0 Å². The number of rotatable bonds is 5. The third-order valence-electron chi connectivity index (χ3n) is 4.54. The minimum absolute atomic E-state index is 0.0544. The van der Waals surface area contributed by atoms with Gasteiger partial charge >= 0.3 is 0 Å². The summed E-state index contributed by atoms with van der Waals surface area (Å²) in [6.45, 7) is 0. The summed E-state index contributed by atoms with van der Waals surface area (Å²) in [4.78, 5) is 5.84. The van der Waals surface area contributed by atoms with Crippen LogP contribution in [0.1, 0.15) is 0 Å². The van der Waals surface area contributed by atoms with Crippen molar-refractivity contribution in [1.82, 2.24) is 4.98 Å². The van der Waals surface area contributed by atoms with Crippen molar-refractivity contribution < 1.29 is 13.2 Å². The Morgan fingerprint density at radius 2 is 1.57 bits per heavy atom. The van der Waals surface area contributed by atoms with Gasteiger partial charge in [-0.05, 0) is 48.0 Å². The summed E-state index contributed by atoms with van der Waals surface area (Å²) in [7, 11) is -2.14. The van der Waals surface area contributed by atoms with Crippen molar-refractivity contribution in [3.63, 3.8) is 0 Å². The molecule has 0 saturated heterocycles. The molecular weight excluding hydrogens is 440 g/mol. The van der Waals surface area contributed by atoms with Gasteiger partial charge in [0.1, 0.15) is 10.8 Å². The standard InChI is InChI=1S/C22H17ClN2O3S2/c1-28-16-10-6-15(7-11-16)21-20(14-8-12-17(13-9-14)30(24,26)27)25-22(29-21)18-4-2-3-5-19(18)23/h2-13H,1H3,(H2,24,26,27). The van der Waals surface area contributed by atoms with Gasteiger partial charge in [0.05, 0.1) is 27.6 Å². The summed E-state index contributed by atoms with van der Waals surface area (Å²) in [6, 6.07) is 21.6. The van der Waals surface area contributed by atoms with Gasteiger partial charge in [-0.2, -0.15) is 0 Å². The molecule has 4 rings (SSSR count). The third-order valence-corrected chi connectivity index (χ3v) is 6.94. The van der Waals surface area contributed by atoms with E-state index in [0.29, 0.717) is 5.02 Å². The zero-order chi connectivity index (χ0) is 21.3. The largest absolute Gasteiger partial charge is 0.497 e. The first-order valence-corrected chi connectivity index (χ1v) is 11.6. The third kappa shape index (κ3) is 4.11. The molecule has 5 nitrogen and oxygen atoms in total. The SMILES string of the molecule is COc1ccc(-c2sc(-c3ccccc3Cl)nc2-c2ccc(S(N)(=O)=O)cc2)cc1. The van der Waals surface area contributed by atoms with Crippen molar-refractivity contribution in [2.24, 2.45) is 5.14 Å². The van der Waals surface area contributed by atoms with Gasteiger partial charge in [0, 0.05) is 11.1 Å². The van der Waals surface area contributed by atoms with E-state index in [1.807, 2.05) is 48.5 Å². The number of hydrogen-bond donors (Lipinski definition) is 1. The Hall–Kier alpha value is -2.71. The molecule has 0 saturated carbocycles. The summed E-state index contributed by atoms with van der Waals surface area (Å²) in [5.41, 5.74) is 3.33. The van der Waals surface area contributed by atoms with Crippen molar-refractivity contribution >= 4 is 33.0 Å². The number of aromatic nitrogens is 1. The number of hydrogen-bond acceptors (Lipinski definition) is 5. The maximum absolute atomic E-state index is 11.6. The van der Waals surface area contributed by atoms with Crippen LogP contribution in [-0.4, -0.2) is 20.5 Å². The van der Waals surface area contributed by atoms with Crippen LogP contribution in [0.25, 0.3) is 32.3 Å². The number of nitrogens with zero attached hydrogens (tertiary/aromatic N) is 1. The van der Waals surface area contributed by atoms with Crippen LogP contribution in [0.5, 0.6) is 5.75 Å². The van der Waals surface area contributed by atoms with Gasteiger partial charge in [-0.3, -0.25) is 0 Å². The topological polar surface area (TPSA) is 82.3 Å². The fraction of sp³-hybridized carbons (Fsp3) is 0.0455. The van der Waals surface area contributed by atoms with Gasteiger partial charge in [0.25, 0.3) is 0 Å². The molecule has 1 heterocycles. The van der Waals surface area contributed by atoms with E-state index >= 15 is 0 Å². The number of halogens is 1. The fourth-order valence-corrected chi connectivity index (χ4v) is 4.94. The second kappa shape index (κ2) is 8.20. The molecule has 0 unspecified atom stereocenters. The Labute approximate surface area is 183 Å². The van der Waals surface area contributed by atoms with Crippen molar-refractivity contribution in [3.05, 3.63) is 77.8 Å². The lowest BCUT2D eigenvalue weighted by Crippen LogP contribution is -2.11. The number of primary sulfonamides is 1. The maximum atomic E-state index is 11.6. The molecule has 3 aromatic carbocycles. The Balaban J connectivity index is 1.88. The summed E-state index contributed by atoms with van der Waals surface area (Å²) < 4.78 is 28.4. The molecule has 0 amide bonds. The molecule has 30 heavy (non-hydrogen) atoms. The quantitative estimate of drug-likeness (QED) is 0.432. The van der Waals surface area contributed by atoms with E-state index in [4.69, 9.17) is 26.5 Å². The van der Waals surface area contributed by atoms with Gasteiger partial charge in [-0.15, -0.1) is 11.3 Å². The first-order chi connectivity index (χ1) is 14.4. The molecule has 0 atom stereocenters. The molecule has 0 fully saturated rings. The van der Waals surface area contributed by atoms with E-state index in [1.54, 1.807) is 19.2 Å². The lowest BCUT2D eigenvalue weighted by Gasteiger charge is -2.05. The van der Waals surface area contributed by atoms with Crippen LogP contribution < -0.4 is 9.88 Å². The average molecular weight is 457 g/mol. The average Bonchev–Trinajstić information content (AvgIpc) is 3.19. The molecule has 2 N–H and O–H groups in total. The highest BCUT2D eigenvalue weighted by atomic mass is 35.5. The molecule has 0 spiro atoms. The molecule has 152 valence electrons. The summed E-state index contributed by atoms with van der Waals surface area (Å²) in [5, 5.41) is 6.61. The molecule has 0 bridgehead atoms. The minimum atomic E-state index is -3.76. The number of benzene rings is 3. The predicted molar refractivity (Wildman–Crippen MR) is 121 cm³/mol. The molecule has 0 aliphatic carbocycles. The lowest BCUT2D eigenvalue weighted by molar-refractivity contribution is 0.415. The highest BCUT2D eigenvalue weighted by molar-refractivity contribution is 7.89. The number of sulfonamides is 1. The Morgan fingerprint density at radius 3 is 2.17 bits per heavy atom. The number of thiazole rings is 1. The summed E-state index contributed by atoms with van der Waals surface area (Å²) >= 11 is 7.91. The zero-order valence-corrected chi connectivity index (χ0v) is 18.3. The van der Waals surface area contributed by atoms with Crippen LogP contribution in [0.2, 0.25) is 5.02 Å². The second-order valence-electron chi connectivity index (χ2n) is 6.47. The van der Waals surface area contributed by atoms with Crippen LogP contribution in [0.4, 0.5) is 0 Å².